The van der Waals surface area contributed by atoms with E-state index in [0.717, 1.165) is 11.3 Å². The van der Waals surface area contributed by atoms with Crippen LogP contribution in [0.25, 0.3) is 0 Å². The van der Waals surface area contributed by atoms with E-state index < -0.39 is 24.0 Å². The number of H-pyrrole nitrogens is 1. The van der Waals surface area contributed by atoms with Crippen LogP contribution in [0.15, 0.2) is 42.9 Å². The number of carboxylic acids is 1. The molecule has 0 aliphatic carbocycles. The number of amides is 2. The van der Waals surface area contributed by atoms with Gasteiger partial charge < -0.3 is 25.5 Å². The van der Waals surface area contributed by atoms with Crippen LogP contribution in [0.5, 0.6) is 0 Å². The molecule has 27 heavy (non-hydrogen) atoms. The van der Waals surface area contributed by atoms with E-state index in [1.807, 2.05) is 18.2 Å². The molecule has 2 rings (SSSR count). The molecule has 0 fully saturated rings. The van der Waals surface area contributed by atoms with Crippen LogP contribution in [0.4, 0.5) is 4.79 Å². The summed E-state index contributed by atoms with van der Waals surface area (Å²) in [7, 11) is 0. The number of carbonyl (C=O) groups is 3. The average molecular weight is 374 g/mol. The standard InChI is InChI=1S/C18H22N4O5/c23-16(24)7-6-15(17(25)20-9-8-14-10-19-12-21-14)22-18(26)27-11-13-4-2-1-3-5-13/h1-5,10,12,15H,6-9,11H2,(H,19,21)(H,20,25)(H,22,26)(H,23,24)/t15-/m1/s1. The highest BCUT2D eigenvalue weighted by molar-refractivity contribution is 5.86. The molecular weight excluding hydrogens is 352 g/mol. The van der Waals surface area contributed by atoms with Crippen molar-refractivity contribution < 1.29 is 24.2 Å². The van der Waals surface area contributed by atoms with E-state index >= 15 is 0 Å². The van der Waals surface area contributed by atoms with Gasteiger partial charge in [0.25, 0.3) is 0 Å². The van der Waals surface area contributed by atoms with E-state index in [1.54, 1.807) is 18.3 Å². The highest BCUT2D eigenvalue weighted by Crippen LogP contribution is 2.03. The predicted octanol–water partition coefficient (Wildman–Crippen LogP) is 1.23. The maximum absolute atomic E-state index is 12.3. The number of nitrogens with zero attached hydrogens (tertiary/aromatic N) is 1. The Kier molecular flexibility index (Phi) is 7.83. The molecule has 1 aromatic carbocycles. The van der Waals surface area contributed by atoms with Crippen molar-refractivity contribution in [1.82, 2.24) is 20.6 Å². The molecule has 2 amide bonds. The average Bonchev–Trinajstić information content (AvgIpc) is 3.17. The third kappa shape index (κ3) is 7.59. The zero-order valence-corrected chi connectivity index (χ0v) is 14.7. The Bertz CT molecular complexity index is 733. The van der Waals surface area contributed by atoms with Crippen molar-refractivity contribution in [2.45, 2.75) is 31.9 Å². The minimum absolute atomic E-state index is 0.0361. The predicted molar refractivity (Wildman–Crippen MR) is 95.7 cm³/mol. The number of carboxylic acid groups (broad SMARTS) is 1. The number of imidazole rings is 1. The number of rotatable bonds is 10. The third-order valence-electron chi connectivity index (χ3n) is 3.72. The van der Waals surface area contributed by atoms with Gasteiger partial charge in [0.15, 0.2) is 0 Å². The number of aromatic nitrogens is 2. The summed E-state index contributed by atoms with van der Waals surface area (Å²) in [5, 5.41) is 13.9. The van der Waals surface area contributed by atoms with Crippen LogP contribution in [0.3, 0.4) is 0 Å². The number of nitrogens with one attached hydrogen (secondary N) is 3. The SMILES string of the molecule is O=C(O)CC[C@@H](NC(=O)OCc1ccccc1)C(=O)NCCc1cnc[nH]1. The van der Waals surface area contributed by atoms with Gasteiger partial charge in [-0.15, -0.1) is 0 Å². The van der Waals surface area contributed by atoms with Gasteiger partial charge in [0.1, 0.15) is 12.6 Å². The molecule has 0 unspecified atom stereocenters. The first-order chi connectivity index (χ1) is 13.0. The maximum Gasteiger partial charge on any atom is 0.408 e. The minimum atomic E-state index is -1.05. The van der Waals surface area contributed by atoms with Crippen molar-refractivity contribution in [3.63, 3.8) is 0 Å². The van der Waals surface area contributed by atoms with Crippen LogP contribution in [-0.4, -0.2) is 45.6 Å². The minimum Gasteiger partial charge on any atom is -0.481 e. The molecule has 1 aromatic heterocycles. The summed E-state index contributed by atoms with van der Waals surface area (Å²) in [4.78, 5) is 41.9. The van der Waals surface area contributed by atoms with Crippen LogP contribution in [0.2, 0.25) is 0 Å². The fourth-order valence-electron chi connectivity index (χ4n) is 2.31. The molecule has 144 valence electrons. The number of hydrogen-bond acceptors (Lipinski definition) is 5. The van der Waals surface area contributed by atoms with Gasteiger partial charge >= 0.3 is 12.1 Å². The molecule has 4 N–H and O–H groups in total. The Morgan fingerprint density at radius 2 is 2.00 bits per heavy atom. The van der Waals surface area contributed by atoms with Crippen LogP contribution in [0.1, 0.15) is 24.1 Å². The van der Waals surface area contributed by atoms with Gasteiger partial charge in [-0.3, -0.25) is 9.59 Å². The first kappa shape index (κ1) is 20.0. The molecule has 9 heteroatoms. The van der Waals surface area contributed by atoms with Gasteiger partial charge in [0, 0.05) is 31.3 Å². The van der Waals surface area contributed by atoms with Gasteiger partial charge in [-0.05, 0) is 12.0 Å². The molecule has 1 heterocycles. The first-order valence-corrected chi connectivity index (χ1v) is 8.48. The van der Waals surface area contributed by atoms with Crippen molar-refractivity contribution in [3.8, 4) is 0 Å². The van der Waals surface area contributed by atoms with Crippen LogP contribution in [-0.2, 0) is 27.4 Å². The summed E-state index contributed by atoms with van der Waals surface area (Å²) in [6.45, 7) is 0.380. The second-order valence-corrected chi connectivity index (χ2v) is 5.81. The van der Waals surface area contributed by atoms with Crippen LogP contribution >= 0.6 is 0 Å². The Labute approximate surface area is 156 Å². The molecule has 0 aliphatic rings. The topological polar surface area (TPSA) is 133 Å². The highest BCUT2D eigenvalue weighted by atomic mass is 16.5. The van der Waals surface area contributed by atoms with E-state index in [2.05, 4.69) is 20.6 Å². The van der Waals surface area contributed by atoms with Crippen molar-refractivity contribution in [2.75, 3.05) is 6.54 Å². The van der Waals surface area contributed by atoms with Crippen molar-refractivity contribution >= 4 is 18.0 Å². The second kappa shape index (κ2) is 10.6. The van der Waals surface area contributed by atoms with E-state index in [9.17, 15) is 14.4 Å². The largest absolute Gasteiger partial charge is 0.481 e. The van der Waals surface area contributed by atoms with Gasteiger partial charge in [-0.2, -0.15) is 0 Å². The van der Waals surface area contributed by atoms with Crippen LogP contribution < -0.4 is 10.6 Å². The fraction of sp³-hybridized carbons (Fsp3) is 0.333. The molecule has 0 radical (unpaired) electrons. The maximum atomic E-state index is 12.3. The number of hydrogen-bond donors (Lipinski definition) is 4. The normalized spacial score (nSPS) is 11.4. The Morgan fingerprint density at radius 1 is 1.22 bits per heavy atom. The smallest absolute Gasteiger partial charge is 0.408 e. The summed E-state index contributed by atoms with van der Waals surface area (Å²) in [6, 6.07) is 8.10. The van der Waals surface area contributed by atoms with Crippen molar-refractivity contribution in [2.24, 2.45) is 0 Å². The monoisotopic (exact) mass is 374 g/mol. The molecule has 0 saturated carbocycles. The van der Waals surface area contributed by atoms with E-state index in [0.29, 0.717) is 13.0 Å². The quantitative estimate of drug-likeness (QED) is 0.494. The van der Waals surface area contributed by atoms with Crippen molar-refractivity contribution in [1.29, 1.82) is 0 Å². The molecule has 0 spiro atoms. The lowest BCUT2D eigenvalue weighted by molar-refractivity contribution is -0.137. The van der Waals surface area contributed by atoms with Gasteiger partial charge in [-0.1, -0.05) is 30.3 Å². The van der Waals surface area contributed by atoms with Gasteiger partial charge in [0.05, 0.1) is 6.33 Å². The number of carbonyl (C=O) groups excluding carboxylic acids is 2. The summed E-state index contributed by atoms with van der Waals surface area (Å²) in [6.07, 6.45) is 2.65. The molecular formula is C18H22N4O5. The number of aliphatic carboxylic acids is 1. The lowest BCUT2D eigenvalue weighted by atomic mass is 10.1. The third-order valence-corrected chi connectivity index (χ3v) is 3.72. The second-order valence-electron chi connectivity index (χ2n) is 5.81. The van der Waals surface area contributed by atoms with E-state index in [4.69, 9.17) is 9.84 Å². The molecule has 0 saturated heterocycles. The lowest BCUT2D eigenvalue weighted by Gasteiger charge is -2.17. The van der Waals surface area contributed by atoms with Crippen LogP contribution in [0, 0.1) is 0 Å². The number of alkyl carbamates (subject to hydrolysis) is 1. The molecule has 2 aromatic rings. The molecule has 9 nitrogen and oxygen atoms in total. The van der Waals surface area contributed by atoms with Gasteiger partial charge in [0.2, 0.25) is 5.91 Å². The summed E-state index contributed by atoms with van der Waals surface area (Å²) in [5.41, 5.74) is 1.66. The first-order valence-electron chi connectivity index (χ1n) is 8.48. The summed E-state index contributed by atoms with van der Waals surface area (Å²) in [5.74, 6) is -1.52. The van der Waals surface area contributed by atoms with Crippen molar-refractivity contribution in [3.05, 3.63) is 54.1 Å². The van der Waals surface area contributed by atoms with E-state index in [1.165, 1.54) is 6.33 Å². The zero-order chi connectivity index (χ0) is 19.5. The van der Waals surface area contributed by atoms with Gasteiger partial charge in [-0.25, -0.2) is 9.78 Å². The number of ether oxygens (including phenoxy) is 1. The number of aromatic amines is 1. The lowest BCUT2D eigenvalue weighted by Crippen LogP contribution is -2.47. The number of benzene rings is 1. The zero-order valence-electron chi connectivity index (χ0n) is 14.7. The Morgan fingerprint density at radius 3 is 2.67 bits per heavy atom. The fourth-order valence-corrected chi connectivity index (χ4v) is 2.31. The molecule has 0 aliphatic heterocycles. The summed E-state index contributed by atoms with van der Waals surface area (Å²) < 4.78 is 5.09. The Hall–Kier alpha value is -3.36. The van der Waals surface area contributed by atoms with E-state index in [-0.39, 0.29) is 19.4 Å². The summed E-state index contributed by atoms with van der Waals surface area (Å²) >= 11 is 0. The molecule has 0 bridgehead atoms. The Balaban J connectivity index is 1.82. The highest BCUT2D eigenvalue weighted by Gasteiger charge is 2.22. The molecule has 1 atom stereocenters.